The summed E-state index contributed by atoms with van der Waals surface area (Å²) in [6.07, 6.45) is 1.37. The number of aliphatic hydroxyl groups is 1. The van der Waals surface area contributed by atoms with E-state index in [1.807, 2.05) is 12.1 Å². The fraction of sp³-hybridized carbons (Fsp3) is 0.538. The van der Waals surface area contributed by atoms with Crippen molar-refractivity contribution in [1.29, 1.82) is 0 Å². The first kappa shape index (κ1) is 17.8. The molecule has 0 aliphatic carbocycles. The Morgan fingerprint density at radius 3 is 2.00 bits per heavy atom. The van der Waals surface area contributed by atoms with Crippen LogP contribution in [0, 0.1) is 0 Å². The van der Waals surface area contributed by atoms with Crippen LogP contribution in [0.4, 0.5) is 0 Å². The summed E-state index contributed by atoms with van der Waals surface area (Å²) in [5.41, 5.74) is 6.96. The zero-order valence-electron chi connectivity index (χ0n) is 11.5. The summed E-state index contributed by atoms with van der Waals surface area (Å²) in [6, 6.07) is 3.51. The normalized spacial score (nSPS) is 11.4. The summed E-state index contributed by atoms with van der Waals surface area (Å²) in [5.74, 6) is 1.73. The van der Waals surface area contributed by atoms with Gasteiger partial charge in [-0.1, -0.05) is 0 Å². The van der Waals surface area contributed by atoms with Crippen LogP contribution in [0.25, 0.3) is 0 Å². The average Bonchev–Trinajstić information content (AvgIpc) is 2.42. The number of ether oxygens (including phenoxy) is 3. The first-order valence-electron chi connectivity index (χ1n) is 5.84. The molecule has 1 atom stereocenters. The van der Waals surface area contributed by atoms with Gasteiger partial charge in [0.1, 0.15) is 0 Å². The summed E-state index contributed by atoms with van der Waals surface area (Å²) in [7, 11) is 4.70. The molecule has 0 aromatic heterocycles. The van der Waals surface area contributed by atoms with Crippen LogP contribution in [0.15, 0.2) is 12.1 Å². The smallest absolute Gasteiger partial charge is 0.203 e. The van der Waals surface area contributed by atoms with E-state index < -0.39 is 0 Å². The topological polar surface area (TPSA) is 73.9 Å². The SMILES string of the molecule is COc1cc([C@H](N)CCCO)cc(OC)c1OC.Cl. The van der Waals surface area contributed by atoms with Gasteiger partial charge in [-0.15, -0.1) is 12.4 Å². The molecule has 0 aliphatic heterocycles. The molecule has 0 heterocycles. The Balaban J connectivity index is 0.00000324. The van der Waals surface area contributed by atoms with Crippen molar-refractivity contribution in [2.45, 2.75) is 18.9 Å². The van der Waals surface area contributed by atoms with E-state index in [4.69, 9.17) is 25.1 Å². The number of benzene rings is 1. The molecule has 3 N–H and O–H groups in total. The van der Waals surface area contributed by atoms with Gasteiger partial charge in [0.2, 0.25) is 5.75 Å². The molecular weight excluding hydrogens is 270 g/mol. The van der Waals surface area contributed by atoms with E-state index in [0.29, 0.717) is 30.1 Å². The Morgan fingerprint density at radius 2 is 1.63 bits per heavy atom. The molecule has 110 valence electrons. The molecule has 0 fully saturated rings. The van der Waals surface area contributed by atoms with E-state index in [0.717, 1.165) is 5.56 Å². The molecule has 19 heavy (non-hydrogen) atoms. The van der Waals surface area contributed by atoms with Gasteiger partial charge in [-0.2, -0.15) is 0 Å². The molecule has 0 unspecified atom stereocenters. The van der Waals surface area contributed by atoms with Crippen LogP contribution in [0.1, 0.15) is 24.4 Å². The minimum absolute atomic E-state index is 0. The molecule has 0 saturated heterocycles. The number of rotatable bonds is 7. The van der Waals surface area contributed by atoms with E-state index >= 15 is 0 Å². The van der Waals surface area contributed by atoms with Crippen LogP contribution in [0.2, 0.25) is 0 Å². The first-order chi connectivity index (χ1) is 8.67. The van der Waals surface area contributed by atoms with Crippen LogP contribution < -0.4 is 19.9 Å². The van der Waals surface area contributed by atoms with E-state index in [1.54, 1.807) is 21.3 Å². The van der Waals surface area contributed by atoms with Gasteiger partial charge in [0.25, 0.3) is 0 Å². The van der Waals surface area contributed by atoms with Crippen molar-refractivity contribution in [3.05, 3.63) is 17.7 Å². The number of halogens is 1. The minimum atomic E-state index is -0.161. The number of hydrogen-bond donors (Lipinski definition) is 2. The molecule has 0 aliphatic rings. The fourth-order valence-electron chi connectivity index (χ4n) is 1.79. The second kappa shape index (κ2) is 8.85. The van der Waals surface area contributed by atoms with Crippen molar-refractivity contribution in [1.82, 2.24) is 0 Å². The maximum Gasteiger partial charge on any atom is 0.203 e. The highest BCUT2D eigenvalue weighted by Gasteiger charge is 2.16. The van der Waals surface area contributed by atoms with Crippen LogP contribution in [0.3, 0.4) is 0 Å². The third-order valence-electron chi connectivity index (χ3n) is 2.79. The first-order valence-corrected chi connectivity index (χ1v) is 5.84. The summed E-state index contributed by atoms with van der Waals surface area (Å²) in [5, 5.41) is 8.82. The van der Waals surface area contributed by atoms with Crippen molar-refractivity contribution in [3.63, 3.8) is 0 Å². The zero-order valence-corrected chi connectivity index (χ0v) is 12.3. The lowest BCUT2D eigenvalue weighted by Crippen LogP contribution is -2.11. The van der Waals surface area contributed by atoms with Gasteiger partial charge in [0.15, 0.2) is 11.5 Å². The largest absolute Gasteiger partial charge is 0.493 e. The summed E-state index contributed by atoms with van der Waals surface area (Å²) in [6.45, 7) is 0.137. The van der Waals surface area contributed by atoms with Crippen LogP contribution in [-0.4, -0.2) is 33.0 Å². The standard InChI is InChI=1S/C13H21NO4.ClH/c1-16-11-7-9(10(14)5-4-6-15)8-12(17-2)13(11)18-3;/h7-8,10,15H,4-6,14H2,1-3H3;1H/t10-;/m1./s1. The van der Waals surface area contributed by atoms with Crippen LogP contribution in [-0.2, 0) is 0 Å². The van der Waals surface area contributed by atoms with Gasteiger partial charge in [-0.3, -0.25) is 0 Å². The molecule has 5 nitrogen and oxygen atoms in total. The predicted octanol–water partition coefficient (Wildman–Crippen LogP) is 1.91. The van der Waals surface area contributed by atoms with E-state index in [-0.39, 0.29) is 25.1 Å². The summed E-state index contributed by atoms with van der Waals surface area (Å²) in [4.78, 5) is 0. The fourth-order valence-corrected chi connectivity index (χ4v) is 1.79. The molecule has 6 heteroatoms. The second-order valence-electron chi connectivity index (χ2n) is 3.93. The molecule has 0 saturated carbocycles. The lowest BCUT2D eigenvalue weighted by atomic mass is 10.0. The molecule has 1 aromatic rings. The van der Waals surface area contributed by atoms with Crippen molar-refractivity contribution in [2.24, 2.45) is 5.73 Å². The summed E-state index contributed by atoms with van der Waals surface area (Å²) < 4.78 is 15.8. The van der Waals surface area contributed by atoms with Gasteiger partial charge in [0, 0.05) is 12.6 Å². The molecule has 0 bridgehead atoms. The lowest BCUT2D eigenvalue weighted by molar-refractivity contribution is 0.279. The maximum atomic E-state index is 8.82. The third kappa shape index (κ3) is 4.45. The van der Waals surface area contributed by atoms with Gasteiger partial charge in [0.05, 0.1) is 21.3 Å². The molecule has 1 aromatic carbocycles. The number of aliphatic hydroxyl groups excluding tert-OH is 1. The maximum absolute atomic E-state index is 8.82. The van der Waals surface area contributed by atoms with Gasteiger partial charge >= 0.3 is 0 Å². The molecule has 0 spiro atoms. The monoisotopic (exact) mass is 291 g/mol. The average molecular weight is 292 g/mol. The van der Waals surface area contributed by atoms with Crippen molar-refractivity contribution >= 4 is 12.4 Å². The van der Waals surface area contributed by atoms with Gasteiger partial charge in [-0.25, -0.2) is 0 Å². The van der Waals surface area contributed by atoms with Crippen LogP contribution >= 0.6 is 12.4 Å². The van der Waals surface area contributed by atoms with Crippen molar-refractivity contribution in [2.75, 3.05) is 27.9 Å². The van der Waals surface area contributed by atoms with Gasteiger partial charge in [-0.05, 0) is 30.5 Å². The van der Waals surface area contributed by atoms with Crippen molar-refractivity contribution < 1.29 is 19.3 Å². The Labute approximate surface area is 120 Å². The highest BCUT2D eigenvalue weighted by Crippen LogP contribution is 2.39. The number of hydrogen-bond acceptors (Lipinski definition) is 5. The molecule has 0 amide bonds. The minimum Gasteiger partial charge on any atom is -0.493 e. The Morgan fingerprint density at radius 1 is 1.11 bits per heavy atom. The van der Waals surface area contributed by atoms with E-state index in [1.165, 1.54) is 0 Å². The molecule has 0 radical (unpaired) electrons. The predicted molar refractivity (Wildman–Crippen MR) is 76.6 cm³/mol. The highest BCUT2D eigenvalue weighted by atomic mass is 35.5. The highest BCUT2D eigenvalue weighted by molar-refractivity contribution is 5.85. The van der Waals surface area contributed by atoms with Gasteiger partial charge < -0.3 is 25.1 Å². The Bertz CT molecular complexity index is 362. The zero-order chi connectivity index (χ0) is 13.5. The number of methoxy groups -OCH3 is 3. The van der Waals surface area contributed by atoms with Crippen LogP contribution in [0.5, 0.6) is 17.2 Å². The second-order valence-corrected chi connectivity index (χ2v) is 3.93. The van der Waals surface area contributed by atoms with Crippen molar-refractivity contribution in [3.8, 4) is 17.2 Å². The summed E-state index contributed by atoms with van der Waals surface area (Å²) >= 11 is 0. The molecule has 1 rings (SSSR count). The third-order valence-corrected chi connectivity index (χ3v) is 2.79. The number of nitrogens with two attached hydrogens (primary N) is 1. The molecular formula is C13H22ClNO4. The Hall–Kier alpha value is -1.17. The Kier molecular flexibility index (Phi) is 8.30. The lowest BCUT2D eigenvalue weighted by Gasteiger charge is -2.17. The van der Waals surface area contributed by atoms with E-state index in [9.17, 15) is 0 Å². The van der Waals surface area contributed by atoms with E-state index in [2.05, 4.69) is 0 Å². The quantitative estimate of drug-likeness (QED) is 0.803.